The van der Waals surface area contributed by atoms with E-state index in [2.05, 4.69) is 29.3 Å². The van der Waals surface area contributed by atoms with Crippen LogP contribution < -0.4 is 0 Å². The van der Waals surface area contributed by atoms with E-state index < -0.39 is 6.10 Å². The largest absolute Gasteiger partial charge is 0.384 e. The number of aliphatic hydroxyl groups excluding tert-OH is 1. The normalized spacial score (nSPS) is 12.4. The zero-order valence-electron chi connectivity index (χ0n) is 11.7. The molecule has 1 heterocycles. The average molecular weight is 256 g/mol. The average Bonchev–Trinajstić information content (AvgIpc) is 2.41. The number of aliphatic hydroxyl groups is 1. The number of aryl methyl sites for hydroxylation is 3. The maximum atomic E-state index is 10.5. The lowest BCUT2D eigenvalue weighted by atomic mass is 9.97. The second-order valence-electron chi connectivity index (χ2n) is 4.92. The first-order valence-electron chi connectivity index (χ1n) is 6.69. The highest BCUT2D eigenvalue weighted by atomic mass is 16.3. The molecule has 0 aliphatic heterocycles. The van der Waals surface area contributed by atoms with Gasteiger partial charge in [0, 0.05) is 5.56 Å². The Balaban J connectivity index is 2.35. The summed E-state index contributed by atoms with van der Waals surface area (Å²) in [6.45, 7) is 5.92. The molecule has 19 heavy (non-hydrogen) atoms. The number of rotatable bonds is 4. The molecule has 0 amide bonds. The maximum Gasteiger partial charge on any atom is 0.106 e. The minimum absolute atomic E-state index is 0.633. The van der Waals surface area contributed by atoms with Crippen molar-refractivity contribution in [1.82, 2.24) is 10.2 Å². The van der Waals surface area contributed by atoms with Gasteiger partial charge in [0.05, 0.1) is 11.4 Å². The summed E-state index contributed by atoms with van der Waals surface area (Å²) in [4.78, 5) is 0. The number of hydrogen-bond acceptors (Lipinski definition) is 3. The molecule has 0 fully saturated rings. The monoisotopic (exact) mass is 256 g/mol. The summed E-state index contributed by atoms with van der Waals surface area (Å²) in [5, 5.41) is 18.6. The minimum Gasteiger partial charge on any atom is -0.384 e. The van der Waals surface area contributed by atoms with Gasteiger partial charge in [-0.2, -0.15) is 10.2 Å². The fraction of sp³-hybridized carbons (Fsp3) is 0.375. The predicted octanol–water partition coefficient (Wildman–Crippen LogP) is 3.13. The summed E-state index contributed by atoms with van der Waals surface area (Å²) in [5.74, 6) is 0. The van der Waals surface area contributed by atoms with Crippen molar-refractivity contribution in [2.45, 2.75) is 39.7 Å². The topological polar surface area (TPSA) is 46.0 Å². The van der Waals surface area contributed by atoms with Crippen LogP contribution in [0, 0.1) is 13.8 Å². The molecule has 100 valence electrons. The van der Waals surface area contributed by atoms with Gasteiger partial charge in [0.1, 0.15) is 6.10 Å². The van der Waals surface area contributed by atoms with Crippen LogP contribution in [0.2, 0.25) is 0 Å². The third-order valence-corrected chi connectivity index (χ3v) is 3.24. The van der Waals surface area contributed by atoms with Crippen LogP contribution in [0.1, 0.15) is 47.5 Å². The van der Waals surface area contributed by atoms with Crippen LogP contribution in [0.25, 0.3) is 0 Å². The molecule has 1 N–H and O–H groups in total. The second kappa shape index (κ2) is 5.93. The molecule has 2 rings (SSSR count). The molecular formula is C16H20N2O. The van der Waals surface area contributed by atoms with Crippen LogP contribution >= 0.6 is 0 Å². The van der Waals surface area contributed by atoms with Gasteiger partial charge in [0.25, 0.3) is 0 Å². The second-order valence-corrected chi connectivity index (χ2v) is 4.92. The van der Waals surface area contributed by atoms with Gasteiger partial charge in [-0.25, -0.2) is 0 Å². The van der Waals surface area contributed by atoms with Gasteiger partial charge in [-0.3, -0.25) is 0 Å². The van der Waals surface area contributed by atoms with Gasteiger partial charge in [-0.05, 0) is 37.5 Å². The Morgan fingerprint density at radius 2 is 1.95 bits per heavy atom. The molecule has 1 unspecified atom stereocenters. The standard InChI is InChI=1S/C16H20N2O/c1-4-6-13-7-5-8-14(10-13)16(19)15-9-11(2)17-18-12(15)3/h5,7-10,16,19H,4,6H2,1-3H3. The molecule has 1 aromatic heterocycles. The number of hydrogen-bond donors (Lipinski definition) is 1. The lowest BCUT2D eigenvalue weighted by Crippen LogP contribution is -2.06. The fourth-order valence-corrected chi connectivity index (χ4v) is 2.23. The van der Waals surface area contributed by atoms with Crippen molar-refractivity contribution in [1.29, 1.82) is 0 Å². The molecule has 0 saturated heterocycles. The van der Waals surface area contributed by atoms with E-state index in [-0.39, 0.29) is 0 Å². The molecule has 0 bridgehead atoms. The predicted molar refractivity (Wildman–Crippen MR) is 76.0 cm³/mol. The van der Waals surface area contributed by atoms with E-state index in [0.29, 0.717) is 0 Å². The number of aromatic nitrogens is 2. The van der Waals surface area contributed by atoms with Gasteiger partial charge in [0.15, 0.2) is 0 Å². The van der Waals surface area contributed by atoms with Gasteiger partial charge >= 0.3 is 0 Å². The zero-order valence-corrected chi connectivity index (χ0v) is 11.7. The van der Waals surface area contributed by atoms with E-state index in [4.69, 9.17) is 0 Å². The number of nitrogens with zero attached hydrogens (tertiary/aromatic N) is 2. The van der Waals surface area contributed by atoms with Gasteiger partial charge in [-0.1, -0.05) is 37.6 Å². The molecule has 0 aliphatic carbocycles. The summed E-state index contributed by atoms with van der Waals surface area (Å²) in [5.41, 5.74) is 4.61. The van der Waals surface area contributed by atoms with Crippen LogP contribution in [0.5, 0.6) is 0 Å². The maximum absolute atomic E-state index is 10.5. The Labute approximate surface area is 114 Å². The molecule has 1 atom stereocenters. The SMILES string of the molecule is CCCc1cccc(C(O)c2cc(C)nnc2C)c1. The molecule has 1 aromatic carbocycles. The van der Waals surface area contributed by atoms with E-state index >= 15 is 0 Å². The third kappa shape index (κ3) is 3.18. The summed E-state index contributed by atoms with van der Waals surface area (Å²) in [7, 11) is 0. The highest BCUT2D eigenvalue weighted by Gasteiger charge is 2.14. The van der Waals surface area contributed by atoms with Crippen molar-refractivity contribution >= 4 is 0 Å². The Morgan fingerprint density at radius 3 is 2.68 bits per heavy atom. The van der Waals surface area contributed by atoms with Gasteiger partial charge in [-0.15, -0.1) is 0 Å². The van der Waals surface area contributed by atoms with Crippen molar-refractivity contribution in [2.24, 2.45) is 0 Å². The molecule has 3 heteroatoms. The van der Waals surface area contributed by atoms with Crippen LogP contribution in [0.4, 0.5) is 0 Å². The van der Waals surface area contributed by atoms with Crippen molar-refractivity contribution in [3.05, 3.63) is 58.4 Å². The Hall–Kier alpha value is -1.74. The highest BCUT2D eigenvalue weighted by molar-refractivity contribution is 5.34. The zero-order chi connectivity index (χ0) is 13.8. The van der Waals surface area contributed by atoms with Crippen LogP contribution in [0.15, 0.2) is 30.3 Å². The fourth-order valence-electron chi connectivity index (χ4n) is 2.23. The first kappa shape index (κ1) is 13.7. The molecule has 0 spiro atoms. The minimum atomic E-state index is -0.633. The van der Waals surface area contributed by atoms with Gasteiger partial charge in [0.2, 0.25) is 0 Å². The molecule has 0 aliphatic rings. The summed E-state index contributed by atoms with van der Waals surface area (Å²) in [6.07, 6.45) is 1.51. The Morgan fingerprint density at radius 1 is 1.16 bits per heavy atom. The van der Waals surface area contributed by atoms with Crippen LogP contribution in [0.3, 0.4) is 0 Å². The third-order valence-electron chi connectivity index (χ3n) is 3.24. The Kier molecular flexibility index (Phi) is 4.27. The van der Waals surface area contributed by atoms with Crippen molar-refractivity contribution in [3.8, 4) is 0 Å². The summed E-state index contributed by atoms with van der Waals surface area (Å²) < 4.78 is 0. The smallest absolute Gasteiger partial charge is 0.106 e. The highest BCUT2D eigenvalue weighted by Crippen LogP contribution is 2.24. The van der Waals surface area contributed by atoms with E-state index in [0.717, 1.165) is 35.4 Å². The molecule has 0 radical (unpaired) electrons. The Bertz CT molecular complexity index is 566. The van der Waals surface area contributed by atoms with E-state index in [1.807, 2.05) is 32.0 Å². The molecule has 3 nitrogen and oxygen atoms in total. The van der Waals surface area contributed by atoms with E-state index in [9.17, 15) is 5.11 Å². The summed E-state index contributed by atoms with van der Waals surface area (Å²) >= 11 is 0. The summed E-state index contributed by atoms with van der Waals surface area (Å²) in [6, 6.07) is 10.0. The quantitative estimate of drug-likeness (QED) is 0.914. The van der Waals surface area contributed by atoms with E-state index in [1.165, 1.54) is 5.56 Å². The van der Waals surface area contributed by atoms with Crippen LogP contribution in [-0.2, 0) is 6.42 Å². The van der Waals surface area contributed by atoms with E-state index in [1.54, 1.807) is 0 Å². The molecule has 0 saturated carbocycles. The molecule has 2 aromatic rings. The lowest BCUT2D eigenvalue weighted by Gasteiger charge is -2.14. The lowest BCUT2D eigenvalue weighted by molar-refractivity contribution is 0.218. The van der Waals surface area contributed by atoms with Gasteiger partial charge < -0.3 is 5.11 Å². The number of benzene rings is 1. The van der Waals surface area contributed by atoms with Crippen molar-refractivity contribution in [3.63, 3.8) is 0 Å². The first-order valence-corrected chi connectivity index (χ1v) is 6.69. The van der Waals surface area contributed by atoms with Crippen molar-refractivity contribution < 1.29 is 5.11 Å². The molecular weight excluding hydrogens is 236 g/mol. The first-order chi connectivity index (χ1) is 9.11. The van der Waals surface area contributed by atoms with Crippen molar-refractivity contribution in [2.75, 3.05) is 0 Å². The van der Waals surface area contributed by atoms with Crippen LogP contribution in [-0.4, -0.2) is 15.3 Å².